The molecule has 1 aliphatic carbocycles. The highest BCUT2D eigenvalue weighted by Gasteiger charge is 2.22. The lowest BCUT2D eigenvalue weighted by molar-refractivity contribution is 0.414. The van der Waals surface area contributed by atoms with Gasteiger partial charge in [0.05, 0.1) is 23.9 Å². The van der Waals surface area contributed by atoms with Gasteiger partial charge in [-0.05, 0) is 55.5 Å². The number of nitrogen functional groups attached to an aromatic ring is 2. The maximum atomic E-state index is 13.9. The molecule has 1 aliphatic rings. The van der Waals surface area contributed by atoms with Gasteiger partial charge >= 0.3 is 0 Å². The van der Waals surface area contributed by atoms with Crippen LogP contribution in [0.2, 0.25) is 0 Å². The van der Waals surface area contributed by atoms with Crippen LogP contribution in [0.15, 0.2) is 34.2 Å². The minimum absolute atomic E-state index is 0.0539. The minimum Gasteiger partial charge on any atom is -0.497 e. The number of hydrogen-bond acceptors (Lipinski definition) is 10. The van der Waals surface area contributed by atoms with E-state index in [0.717, 1.165) is 47.3 Å². The van der Waals surface area contributed by atoms with Crippen LogP contribution in [0.3, 0.4) is 0 Å². The number of nitrogens with zero attached hydrogens (tertiary/aromatic N) is 5. The van der Waals surface area contributed by atoms with Crippen LogP contribution in [0.25, 0.3) is 15.9 Å². The molecule has 5 rings (SSSR count). The average molecular weight is 482 g/mol. The first-order valence-corrected chi connectivity index (χ1v) is 12.4. The molecule has 170 valence electrons. The minimum atomic E-state index is -0.0539. The number of aromatic nitrogens is 5. The molecule has 0 atom stereocenters. The Kier molecular flexibility index (Phi) is 5.90. The van der Waals surface area contributed by atoms with Gasteiger partial charge in [0.2, 0.25) is 11.9 Å². The van der Waals surface area contributed by atoms with Crippen molar-refractivity contribution in [2.45, 2.75) is 43.0 Å². The van der Waals surface area contributed by atoms with E-state index in [1.165, 1.54) is 28.6 Å². The number of fused-ring (bicyclic) bond motifs is 3. The molecule has 0 amide bonds. The van der Waals surface area contributed by atoms with Gasteiger partial charge in [0.25, 0.3) is 5.56 Å². The number of anilines is 2. The second-order valence-electron chi connectivity index (χ2n) is 7.73. The van der Waals surface area contributed by atoms with Gasteiger partial charge in [0.15, 0.2) is 5.16 Å². The molecule has 9 nitrogen and oxygen atoms in total. The first-order valence-electron chi connectivity index (χ1n) is 10.6. The van der Waals surface area contributed by atoms with E-state index in [0.29, 0.717) is 16.7 Å². The van der Waals surface area contributed by atoms with Crippen molar-refractivity contribution >= 4 is 45.2 Å². The fourth-order valence-electron chi connectivity index (χ4n) is 4.07. The van der Waals surface area contributed by atoms with E-state index in [9.17, 15) is 4.79 Å². The maximum absolute atomic E-state index is 13.9. The molecule has 0 bridgehead atoms. The molecular formula is C22H23N7O2S2. The first kappa shape index (κ1) is 21.7. The lowest BCUT2D eigenvalue weighted by Gasteiger charge is -2.13. The van der Waals surface area contributed by atoms with E-state index in [4.69, 9.17) is 21.2 Å². The zero-order valence-electron chi connectivity index (χ0n) is 18.1. The topological polar surface area (TPSA) is 135 Å². The molecule has 0 saturated carbocycles. The van der Waals surface area contributed by atoms with Gasteiger partial charge in [0, 0.05) is 4.88 Å². The third-order valence-corrected chi connectivity index (χ3v) is 7.71. The van der Waals surface area contributed by atoms with Crippen molar-refractivity contribution in [3.8, 4) is 11.4 Å². The van der Waals surface area contributed by atoms with Crippen LogP contribution in [-0.4, -0.2) is 31.6 Å². The number of rotatable bonds is 5. The summed E-state index contributed by atoms with van der Waals surface area (Å²) in [7, 11) is 1.61. The van der Waals surface area contributed by atoms with Gasteiger partial charge in [-0.3, -0.25) is 9.36 Å². The van der Waals surface area contributed by atoms with Gasteiger partial charge in [-0.2, -0.15) is 15.0 Å². The van der Waals surface area contributed by atoms with Crippen LogP contribution in [0.1, 0.15) is 35.5 Å². The summed E-state index contributed by atoms with van der Waals surface area (Å²) in [6, 6.07) is 7.40. The van der Waals surface area contributed by atoms with Gasteiger partial charge in [-0.25, -0.2) is 4.98 Å². The lowest BCUT2D eigenvalue weighted by Crippen LogP contribution is -2.22. The fourth-order valence-corrected chi connectivity index (χ4v) is 6.24. The molecule has 11 heteroatoms. The Balaban J connectivity index is 1.64. The van der Waals surface area contributed by atoms with Crippen molar-refractivity contribution in [2.75, 3.05) is 18.6 Å². The molecule has 0 unspecified atom stereocenters. The van der Waals surface area contributed by atoms with Gasteiger partial charge in [-0.1, -0.05) is 18.2 Å². The van der Waals surface area contributed by atoms with E-state index in [1.807, 2.05) is 24.3 Å². The van der Waals surface area contributed by atoms with Crippen LogP contribution >= 0.6 is 23.1 Å². The zero-order valence-corrected chi connectivity index (χ0v) is 19.7. The molecule has 0 fully saturated rings. The highest BCUT2D eigenvalue weighted by Crippen LogP contribution is 2.35. The van der Waals surface area contributed by atoms with Crippen molar-refractivity contribution in [3.63, 3.8) is 0 Å². The summed E-state index contributed by atoms with van der Waals surface area (Å²) in [6.45, 7) is 0. The average Bonchev–Trinajstić information content (AvgIpc) is 2.98. The lowest BCUT2D eigenvalue weighted by atomic mass is 10.1. The highest BCUT2D eigenvalue weighted by atomic mass is 32.2. The second-order valence-corrected chi connectivity index (χ2v) is 9.76. The van der Waals surface area contributed by atoms with Gasteiger partial charge < -0.3 is 16.2 Å². The largest absolute Gasteiger partial charge is 0.497 e. The zero-order chi connectivity index (χ0) is 22.9. The quantitative estimate of drug-likeness (QED) is 0.250. The maximum Gasteiger partial charge on any atom is 0.267 e. The van der Waals surface area contributed by atoms with E-state index >= 15 is 0 Å². The van der Waals surface area contributed by atoms with Crippen LogP contribution in [-0.2, 0) is 18.6 Å². The summed E-state index contributed by atoms with van der Waals surface area (Å²) in [5.41, 5.74) is 13.3. The second kappa shape index (κ2) is 8.99. The number of benzene rings is 1. The van der Waals surface area contributed by atoms with Crippen molar-refractivity contribution in [1.82, 2.24) is 24.5 Å². The first-order chi connectivity index (χ1) is 16.0. The van der Waals surface area contributed by atoms with Crippen molar-refractivity contribution in [2.24, 2.45) is 0 Å². The van der Waals surface area contributed by atoms with E-state index in [1.54, 1.807) is 23.0 Å². The molecule has 0 radical (unpaired) electrons. The number of thioether (sulfide) groups is 1. The molecule has 3 aromatic heterocycles. The number of thiophene rings is 1. The molecule has 4 aromatic rings. The molecule has 0 aliphatic heterocycles. The summed E-state index contributed by atoms with van der Waals surface area (Å²) >= 11 is 3.00. The predicted molar refractivity (Wildman–Crippen MR) is 131 cm³/mol. The Morgan fingerprint density at radius 3 is 2.48 bits per heavy atom. The molecule has 0 saturated heterocycles. The van der Waals surface area contributed by atoms with Gasteiger partial charge in [0.1, 0.15) is 16.4 Å². The standard InChI is InChI=1S/C22H23N7O2S2/c1-31-13-9-7-12(8-10-13)29-19(30)17-14-5-3-2-4-6-15(14)33-18(17)27-22(29)32-11-16-25-20(23)28-21(24)26-16/h7-10H,2-6,11H2,1H3,(H4,23,24,25,26,28). The molecular weight excluding hydrogens is 458 g/mol. The number of methoxy groups -OCH3 is 1. The Morgan fingerprint density at radius 2 is 1.76 bits per heavy atom. The monoisotopic (exact) mass is 481 g/mol. The van der Waals surface area contributed by atoms with Crippen LogP contribution in [0.5, 0.6) is 5.75 Å². The Morgan fingerprint density at radius 1 is 1.03 bits per heavy atom. The smallest absolute Gasteiger partial charge is 0.267 e. The predicted octanol–water partition coefficient (Wildman–Crippen LogP) is 3.37. The molecule has 0 spiro atoms. The molecule has 4 N–H and O–H groups in total. The molecule has 1 aromatic carbocycles. The van der Waals surface area contributed by atoms with Gasteiger partial charge in [-0.15, -0.1) is 11.3 Å². The number of ether oxygens (including phenoxy) is 1. The molecule has 3 heterocycles. The van der Waals surface area contributed by atoms with Crippen LogP contribution in [0.4, 0.5) is 11.9 Å². The Labute approximate surface area is 198 Å². The van der Waals surface area contributed by atoms with Crippen molar-refractivity contribution in [1.29, 1.82) is 0 Å². The normalized spacial score (nSPS) is 13.6. The number of aryl methyl sites for hydroxylation is 2. The summed E-state index contributed by atoms with van der Waals surface area (Å²) in [6.07, 6.45) is 5.36. The van der Waals surface area contributed by atoms with Crippen LogP contribution < -0.4 is 21.8 Å². The third kappa shape index (κ3) is 4.25. The summed E-state index contributed by atoms with van der Waals surface area (Å²) in [5, 5.41) is 1.30. The van der Waals surface area contributed by atoms with E-state index < -0.39 is 0 Å². The number of nitrogens with two attached hydrogens (primary N) is 2. The molecule has 33 heavy (non-hydrogen) atoms. The summed E-state index contributed by atoms with van der Waals surface area (Å²) < 4.78 is 6.95. The Bertz CT molecular complexity index is 1360. The SMILES string of the molecule is COc1ccc(-n2c(SCc3nc(N)nc(N)n3)nc3sc4c(c3c2=O)CCCCC4)cc1. The Hall–Kier alpha value is -3.18. The van der Waals surface area contributed by atoms with Crippen LogP contribution in [0, 0.1) is 0 Å². The van der Waals surface area contributed by atoms with Crippen molar-refractivity contribution < 1.29 is 4.74 Å². The highest BCUT2D eigenvalue weighted by molar-refractivity contribution is 7.98. The van der Waals surface area contributed by atoms with E-state index in [2.05, 4.69) is 15.0 Å². The third-order valence-electron chi connectivity index (χ3n) is 5.59. The van der Waals surface area contributed by atoms with E-state index in [-0.39, 0.29) is 17.5 Å². The summed E-state index contributed by atoms with van der Waals surface area (Å²) in [4.78, 5) is 33.0. The van der Waals surface area contributed by atoms with Crippen molar-refractivity contribution in [3.05, 3.63) is 50.9 Å². The fraction of sp³-hybridized carbons (Fsp3) is 0.318. The summed E-state index contributed by atoms with van der Waals surface area (Å²) in [5.74, 6) is 1.63. The number of hydrogen-bond donors (Lipinski definition) is 2.